The molecule has 1 rings (SSSR count). The number of nitrogens with zero attached hydrogens (tertiary/aromatic N) is 1. The molecule has 0 spiro atoms. The van der Waals surface area contributed by atoms with E-state index in [0.717, 1.165) is 5.56 Å². The van der Waals surface area contributed by atoms with Crippen molar-refractivity contribution in [2.24, 2.45) is 4.99 Å². The molecule has 0 aliphatic rings. The molecule has 0 radical (unpaired) electrons. The largest absolute Gasteiger partial charge is 0.484 e. The maximum absolute atomic E-state index is 12.1. The first-order valence-electron chi connectivity index (χ1n) is 8.51. The van der Waals surface area contributed by atoms with Crippen LogP contribution in [0.4, 0.5) is 13.2 Å². The van der Waals surface area contributed by atoms with Crippen LogP contribution in [0, 0.1) is 0 Å². The van der Waals surface area contributed by atoms with Crippen molar-refractivity contribution in [3.63, 3.8) is 0 Å². The third-order valence-corrected chi connectivity index (χ3v) is 2.91. The van der Waals surface area contributed by atoms with Crippen LogP contribution in [0.15, 0.2) is 29.3 Å². The van der Waals surface area contributed by atoms with Crippen molar-refractivity contribution < 1.29 is 27.4 Å². The summed E-state index contributed by atoms with van der Waals surface area (Å²) in [5.41, 5.74) is 0.216. The maximum Gasteiger partial charge on any atom is 0.422 e. The average molecular weight is 517 g/mol. The number of aliphatic imine (C=N–C) groups is 1. The summed E-state index contributed by atoms with van der Waals surface area (Å²) in [6.07, 6.45) is -4.37. The van der Waals surface area contributed by atoms with Gasteiger partial charge >= 0.3 is 12.1 Å². The molecule has 0 aliphatic carbocycles. The zero-order valence-corrected chi connectivity index (χ0v) is 18.7. The molecule has 0 unspecified atom stereocenters. The van der Waals surface area contributed by atoms with E-state index in [1.165, 1.54) is 12.1 Å². The van der Waals surface area contributed by atoms with Crippen molar-refractivity contribution in [3.05, 3.63) is 29.8 Å². The molecule has 160 valence electrons. The third-order valence-electron chi connectivity index (χ3n) is 2.91. The molecule has 0 bridgehead atoms. The minimum Gasteiger partial charge on any atom is -0.484 e. The molecule has 2 N–H and O–H groups in total. The Morgan fingerprint density at radius 3 is 2.21 bits per heavy atom. The summed E-state index contributed by atoms with van der Waals surface area (Å²) >= 11 is 0. The van der Waals surface area contributed by atoms with Gasteiger partial charge in [-0.1, -0.05) is 12.1 Å². The Hall–Kier alpha value is -1.72. The third kappa shape index (κ3) is 12.6. The summed E-state index contributed by atoms with van der Waals surface area (Å²) in [4.78, 5) is 16.1. The Morgan fingerprint density at radius 1 is 1.11 bits per heavy atom. The van der Waals surface area contributed by atoms with Crippen LogP contribution in [0.25, 0.3) is 0 Å². The molecule has 10 heteroatoms. The van der Waals surface area contributed by atoms with Crippen molar-refractivity contribution in [2.75, 3.05) is 19.7 Å². The lowest BCUT2D eigenvalue weighted by Crippen LogP contribution is -2.41. The smallest absolute Gasteiger partial charge is 0.422 e. The maximum atomic E-state index is 12.1. The second-order valence-corrected chi connectivity index (χ2v) is 6.68. The fourth-order valence-corrected chi connectivity index (χ4v) is 1.90. The molecule has 6 nitrogen and oxygen atoms in total. The van der Waals surface area contributed by atoms with Gasteiger partial charge in [-0.3, -0.25) is 4.79 Å². The fourth-order valence-electron chi connectivity index (χ4n) is 1.90. The number of halogens is 4. The lowest BCUT2D eigenvalue weighted by Gasteiger charge is -2.20. The molecule has 0 amide bonds. The number of guanidine groups is 1. The molecular weight excluding hydrogens is 490 g/mol. The number of esters is 1. The summed E-state index contributed by atoms with van der Waals surface area (Å²) < 4.78 is 46.3. The summed E-state index contributed by atoms with van der Waals surface area (Å²) in [6, 6.07) is 6.18. The van der Waals surface area contributed by atoms with Gasteiger partial charge in [0, 0.05) is 6.54 Å². The Morgan fingerprint density at radius 2 is 1.71 bits per heavy atom. The SMILES string of the molecule is CCNC(=NCc1ccc(OCC(F)(F)F)cc1)NCC(=O)OC(C)(C)C.I. The second-order valence-electron chi connectivity index (χ2n) is 6.68. The van der Waals surface area contributed by atoms with Gasteiger partial charge in [0.05, 0.1) is 6.54 Å². The van der Waals surface area contributed by atoms with Crippen LogP contribution in [0.3, 0.4) is 0 Å². The van der Waals surface area contributed by atoms with Gasteiger partial charge < -0.3 is 20.1 Å². The summed E-state index contributed by atoms with van der Waals surface area (Å²) in [5, 5.41) is 5.88. The molecule has 28 heavy (non-hydrogen) atoms. The van der Waals surface area contributed by atoms with Crippen LogP contribution >= 0.6 is 24.0 Å². The number of alkyl halides is 3. The molecule has 1 aromatic rings. The number of carbonyl (C=O) groups is 1. The summed E-state index contributed by atoms with van der Waals surface area (Å²) in [6.45, 7) is 6.76. The van der Waals surface area contributed by atoms with Crippen LogP contribution in [0.5, 0.6) is 5.75 Å². The van der Waals surface area contributed by atoms with Crippen LogP contribution in [0.1, 0.15) is 33.3 Å². The van der Waals surface area contributed by atoms with Gasteiger partial charge in [-0.05, 0) is 45.4 Å². The number of carbonyl (C=O) groups excluding carboxylic acids is 1. The Balaban J connectivity index is 0.00000729. The summed E-state index contributed by atoms with van der Waals surface area (Å²) in [5.74, 6) is 0.162. The Kier molecular flexibility index (Phi) is 11.2. The average Bonchev–Trinajstić information content (AvgIpc) is 2.54. The van der Waals surface area contributed by atoms with Gasteiger partial charge in [-0.25, -0.2) is 4.99 Å². The van der Waals surface area contributed by atoms with E-state index in [4.69, 9.17) is 4.74 Å². The molecule has 0 aliphatic heterocycles. The van der Waals surface area contributed by atoms with Gasteiger partial charge in [0.1, 0.15) is 17.9 Å². The minimum atomic E-state index is -4.37. The van der Waals surface area contributed by atoms with E-state index < -0.39 is 24.4 Å². The van der Waals surface area contributed by atoms with Crippen molar-refractivity contribution in [1.82, 2.24) is 10.6 Å². The Labute approximate surface area is 180 Å². The number of hydrogen-bond acceptors (Lipinski definition) is 4. The van der Waals surface area contributed by atoms with E-state index >= 15 is 0 Å². The number of nitrogens with one attached hydrogen (secondary N) is 2. The highest BCUT2D eigenvalue weighted by Crippen LogP contribution is 2.19. The molecule has 0 saturated heterocycles. The van der Waals surface area contributed by atoms with Gasteiger partial charge in [0.25, 0.3) is 0 Å². The monoisotopic (exact) mass is 517 g/mol. The molecule has 0 saturated carbocycles. The van der Waals surface area contributed by atoms with Gasteiger partial charge in [0.2, 0.25) is 0 Å². The van der Waals surface area contributed by atoms with Crippen LogP contribution < -0.4 is 15.4 Å². The van der Waals surface area contributed by atoms with E-state index in [0.29, 0.717) is 12.5 Å². The number of hydrogen-bond donors (Lipinski definition) is 2. The lowest BCUT2D eigenvalue weighted by atomic mass is 10.2. The van der Waals surface area contributed by atoms with Gasteiger partial charge in [0.15, 0.2) is 12.6 Å². The highest BCUT2D eigenvalue weighted by Gasteiger charge is 2.28. The number of ether oxygens (including phenoxy) is 2. The molecular formula is C18H27F3IN3O3. The van der Waals surface area contributed by atoms with Gasteiger partial charge in [-0.2, -0.15) is 13.2 Å². The van der Waals surface area contributed by atoms with Crippen LogP contribution in [-0.2, 0) is 16.1 Å². The minimum absolute atomic E-state index is 0. The van der Waals surface area contributed by atoms with E-state index in [2.05, 4.69) is 20.4 Å². The van der Waals surface area contributed by atoms with E-state index in [-0.39, 0.29) is 42.8 Å². The van der Waals surface area contributed by atoms with E-state index in [9.17, 15) is 18.0 Å². The van der Waals surface area contributed by atoms with E-state index in [1.54, 1.807) is 32.9 Å². The van der Waals surface area contributed by atoms with Crippen molar-refractivity contribution in [3.8, 4) is 5.75 Å². The molecule has 0 aromatic heterocycles. The Bertz CT molecular complexity index is 630. The first-order valence-corrected chi connectivity index (χ1v) is 8.51. The topological polar surface area (TPSA) is 72.0 Å². The molecule has 0 heterocycles. The second kappa shape index (κ2) is 12.0. The first kappa shape index (κ1) is 26.3. The fraction of sp³-hybridized carbons (Fsp3) is 0.556. The summed E-state index contributed by atoms with van der Waals surface area (Å²) in [7, 11) is 0. The quantitative estimate of drug-likeness (QED) is 0.250. The lowest BCUT2D eigenvalue weighted by molar-refractivity contribution is -0.154. The first-order chi connectivity index (χ1) is 12.5. The van der Waals surface area contributed by atoms with Crippen molar-refractivity contribution in [2.45, 2.75) is 46.0 Å². The van der Waals surface area contributed by atoms with Crippen molar-refractivity contribution >= 4 is 35.9 Å². The van der Waals surface area contributed by atoms with Gasteiger partial charge in [-0.15, -0.1) is 24.0 Å². The highest BCUT2D eigenvalue weighted by molar-refractivity contribution is 14.0. The van der Waals surface area contributed by atoms with Crippen molar-refractivity contribution in [1.29, 1.82) is 0 Å². The van der Waals surface area contributed by atoms with E-state index in [1.807, 2.05) is 6.92 Å². The molecule has 0 fully saturated rings. The zero-order valence-electron chi connectivity index (χ0n) is 16.4. The standard InChI is InChI=1S/C18H26F3N3O3.HI/c1-5-22-16(24-11-15(25)27-17(2,3)4)23-10-13-6-8-14(9-7-13)26-12-18(19,20)21;/h6-9H,5,10-12H2,1-4H3,(H2,22,23,24);1H. The number of rotatable bonds is 7. The predicted molar refractivity (Wildman–Crippen MR) is 112 cm³/mol. The number of benzene rings is 1. The zero-order chi connectivity index (χ0) is 20.5. The molecule has 1 aromatic carbocycles. The van der Waals surface area contributed by atoms with Crippen LogP contribution in [-0.4, -0.2) is 43.4 Å². The molecule has 0 atom stereocenters. The van der Waals surface area contributed by atoms with Crippen LogP contribution in [0.2, 0.25) is 0 Å². The predicted octanol–water partition coefficient (Wildman–Crippen LogP) is 3.64. The normalized spacial score (nSPS) is 12.0. The highest BCUT2D eigenvalue weighted by atomic mass is 127.